The number of piperazine rings is 1. The number of aryl methyl sites for hydroxylation is 1. The molecule has 0 aliphatic carbocycles. The van der Waals surface area contributed by atoms with Crippen molar-refractivity contribution in [3.63, 3.8) is 0 Å². The van der Waals surface area contributed by atoms with Crippen molar-refractivity contribution in [1.82, 2.24) is 9.80 Å². The highest BCUT2D eigenvalue weighted by Crippen LogP contribution is 2.09. The Hall–Kier alpha value is -1.45. The van der Waals surface area contributed by atoms with Gasteiger partial charge in [0.25, 0.3) is 0 Å². The van der Waals surface area contributed by atoms with Gasteiger partial charge in [0.05, 0.1) is 0 Å². The van der Waals surface area contributed by atoms with Crippen LogP contribution >= 0.6 is 0 Å². The molecular formula is C19H28N2O. The first kappa shape index (κ1) is 16.9. The lowest BCUT2D eigenvalue weighted by Crippen LogP contribution is -2.46. The summed E-state index contributed by atoms with van der Waals surface area (Å²) in [5.74, 6) is 0.265. The van der Waals surface area contributed by atoms with E-state index in [1.807, 2.05) is 31.2 Å². The number of hydrogen-bond donors (Lipinski definition) is 0. The lowest BCUT2D eigenvalue weighted by atomic mass is 10.0. The van der Waals surface area contributed by atoms with Crippen molar-refractivity contribution >= 4 is 5.78 Å². The lowest BCUT2D eigenvalue weighted by molar-refractivity contribution is 0.0964. The van der Waals surface area contributed by atoms with Crippen molar-refractivity contribution in [3.05, 3.63) is 47.5 Å². The van der Waals surface area contributed by atoms with E-state index in [0.29, 0.717) is 6.42 Å². The summed E-state index contributed by atoms with van der Waals surface area (Å²) >= 11 is 0. The summed E-state index contributed by atoms with van der Waals surface area (Å²) in [6, 6.07) is 7.89. The molecule has 1 fully saturated rings. The third kappa shape index (κ3) is 5.39. The number of Topliss-reactive ketones (excluding diaryl/α,β-unsaturated/α-hetero) is 1. The zero-order valence-corrected chi connectivity index (χ0v) is 14.0. The summed E-state index contributed by atoms with van der Waals surface area (Å²) in [7, 11) is 0. The Labute approximate surface area is 134 Å². The van der Waals surface area contributed by atoms with E-state index in [1.54, 1.807) is 0 Å². The molecule has 0 radical (unpaired) electrons. The van der Waals surface area contributed by atoms with E-state index in [2.05, 4.69) is 23.3 Å². The van der Waals surface area contributed by atoms with Crippen molar-refractivity contribution in [3.8, 4) is 0 Å². The monoisotopic (exact) mass is 300 g/mol. The number of benzene rings is 1. The zero-order valence-electron chi connectivity index (χ0n) is 14.0. The van der Waals surface area contributed by atoms with E-state index in [0.717, 1.165) is 51.3 Å². The molecular weight excluding hydrogens is 272 g/mol. The fourth-order valence-electron chi connectivity index (χ4n) is 2.90. The smallest absolute Gasteiger partial charge is 0.162 e. The normalized spacial score (nSPS) is 16.6. The topological polar surface area (TPSA) is 23.6 Å². The van der Waals surface area contributed by atoms with E-state index < -0.39 is 0 Å². The molecule has 2 rings (SSSR count). The zero-order chi connectivity index (χ0) is 15.9. The van der Waals surface area contributed by atoms with Gasteiger partial charge in [-0.25, -0.2) is 0 Å². The SMILES string of the molecule is C=C(C)CN1CCN(CCCC(=O)c2ccc(C)cc2)CC1. The standard InChI is InChI=1S/C19H28N2O/c1-16(2)15-21-13-11-20(12-14-21)10-4-5-19(22)18-8-6-17(3)7-9-18/h6-9H,1,4-5,10-15H2,2-3H3. The van der Waals surface area contributed by atoms with E-state index in [9.17, 15) is 4.79 Å². The minimum atomic E-state index is 0.265. The minimum absolute atomic E-state index is 0.265. The van der Waals surface area contributed by atoms with Gasteiger partial charge in [0.2, 0.25) is 0 Å². The van der Waals surface area contributed by atoms with Crippen LogP contribution in [0.2, 0.25) is 0 Å². The van der Waals surface area contributed by atoms with Crippen LogP contribution in [-0.4, -0.2) is 54.9 Å². The number of rotatable bonds is 7. The third-order valence-corrected chi connectivity index (χ3v) is 4.21. The van der Waals surface area contributed by atoms with Crippen LogP contribution in [-0.2, 0) is 0 Å². The molecule has 0 aromatic heterocycles. The Morgan fingerprint density at radius 1 is 1.09 bits per heavy atom. The molecule has 1 aromatic carbocycles. The highest BCUT2D eigenvalue weighted by atomic mass is 16.1. The molecule has 0 spiro atoms. The van der Waals surface area contributed by atoms with E-state index in [-0.39, 0.29) is 5.78 Å². The molecule has 1 saturated heterocycles. The molecule has 1 aliphatic rings. The predicted molar refractivity (Wildman–Crippen MR) is 92.4 cm³/mol. The van der Waals surface area contributed by atoms with Crippen LogP contribution in [0.15, 0.2) is 36.4 Å². The van der Waals surface area contributed by atoms with Gasteiger partial charge >= 0.3 is 0 Å². The van der Waals surface area contributed by atoms with Crippen molar-refractivity contribution in [2.45, 2.75) is 26.7 Å². The summed E-state index contributed by atoms with van der Waals surface area (Å²) in [5, 5.41) is 0. The Balaban J connectivity index is 1.66. The second-order valence-electron chi connectivity index (χ2n) is 6.47. The van der Waals surface area contributed by atoms with Crippen molar-refractivity contribution in [1.29, 1.82) is 0 Å². The Kier molecular flexibility index (Phi) is 6.34. The summed E-state index contributed by atoms with van der Waals surface area (Å²) < 4.78 is 0. The van der Waals surface area contributed by atoms with Crippen molar-refractivity contribution < 1.29 is 4.79 Å². The first-order valence-corrected chi connectivity index (χ1v) is 8.23. The van der Waals surface area contributed by atoms with Crippen LogP contribution in [0.5, 0.6) is 0 Å². The highest BCUT2D eigenvalue weighted by molar-refractivity contribution is 5.96. The van der Waals surface area contributed by atoms with Gasteiger partial charge in [0.15, 0.2) is 5.78 Å². The van der Waals surface area contributed by atoms with E-state index in [4.69, 9.17) is 0 Å². The van der Waals surface area contributed by atoms with Crippen LogP contribution < -0.4 is 0 Å². The van der Waals surface area contributed by atoms with Gasteiger partial charge in [-0.1, -0.05) is 42.0 Å². The molecule has 0 bridgehead atoms. The molecule has 0 N–H and O–H groups in total. The summed E-state index contributed by atoms with van der Waals surface area (Å²) in [6.07, 6.45) is 1.60. The van der Waals surface area contributed by atoms with Crippen LogP contribution in [0.3, 0.4) is 0 Å². The molecule has 22 heavy (non-hydrogen) atoms. The van der Waals surface area contributed by atoms with Crippen molar-refractivity contribution in [2.75, 3.05) is 39.3 Å². The first-order valence-electron chi connectivity index (χ1n) is 8.23. The molecule has 3 nitrogen and oxygen atoms in total. The molecule has 1 aromatic rings. The molecule has 0 saturated carbocycles. The fourth-order valence-corrected chi connectivity index (χ4v) is 2.90. The molecule has 0 amide bonds. The average Bonchev–Trinajstić information content (AvgIpc) is 2.49. The maximum Gasteiger partial charge on any atom is 0.162 e. The summed E-state index contributed by atoms with van der Waals surface area (Å²) in [5.41, 5.74) is 3.28. The average molecular weight is 300 g/mol. The third-order valence-electron chi connectivity index (χ3n) is 4.21. The second-order valence-corrected chi connectivity index (χ2v) is 6.47. The van der Waals surface area contributed by atoms with E-state index in [1.165, 1.54) is 11.1 Å². The van der Waals surface area contributed by atoms with Gasteiger partial charge in [0.1, 0.15) is 0 Å². The molecule has 0 atom stereocenters. The van der Waals surface area contributed by atoms with Gasteiger partial charge in [0, 0.05) is 44.7 Å². The molecule has 3 heteroatoms. The number of carbonyl (C=O) groups excluding carboxylic acids is 1. The molecule has 1 aliphatic heterocycles. The second kappa shape index (κ2) is 8.25. The summed E-state index contributed by atoms with van der Waals surface area (Å²) in [6.45, 7) is 14.6. The van der Waals surface area contributed by atoms with Crippen LogP contribution in [0.25, 0.3) is 0 Å². The van der Waals surface area contributed by atoms with Crippen LogP contribution in [0, 0.1) is 6.92 Å². The van der Waals surface area contributed by atoms with Gasteiger partial charge in [-0.3, -0.25) is 9.69 Å². The van der Waals surface area contributed by atoms with Gasteiger partial charge in [-0.05, 0) is 26.8 Å². The predicted octanol–water partition coefficient (Wildman–Crippen LogP) is 3.15. The number of carbonyl (C=O) groups is 1. The first-order chi connectivity index (χ1) is 10.5. The Morgan fingerprint density at radius 2 is 1.68 bits per heavy atom. The number of nitrogens with zero attached hydrogens (tertiary/aromatic N) is 2. The van der Waals surface area contributed by atoms with Crippen LogP contribution in [0.4, 0.5) is 0 Å². The van der Waals surface area contributed by atoms with Gasteiger partial charge in [-0.2, -0.15) is 0 Å². The summed E-state index contributed by atoms with van der Waals surface area (Å²) in [4.78, 5) is 17.1. The maximum atomic E-state index is 12.1. The van der Waals surface area contributed by atoms with Crippen LogP contribution in [0.1, 0.15) is 35.7 Å². The van der Waals surface area contributed by atoms with Gasteiger partial charge < -0.3 is 4.90 Å². The largest absolute Gasteiger partial charge is 0.301 e. The lowest BCUT2D eigenvalue weighted by Gasteiger charge is -2.34. The van der Waals surface area contributed by atoms with Gasteiger partial charge in [-0.15, -0.1) is 0 Å². The highest BCUT2D eigenvalue weighted by Gasteiger charge is 2.16. The van der Waals surface area contributed by atoms with Crippen molar-refractivity contribution in [2.24, 2.45) is 0 Å². The van der Waals surface area contributed by atoms with E-state index >= 15 is 0 Å². The Bertz CT molecular complexity index is 499. The molecule has 1 heterocycles. The minimum Gasteiger partial charge on any atom is -0.301 e. The molecule has 0 unspecified atom stereocenters. The Morgan fingerprint density at radius 3 is 2.27 bits per heavy atom. The molecule has 120 valence electrons. The number of hydrogen-bond acceptors (Lipinski definition) is 3. The number of ketones is 1. The maximum absolute atomic E-state index is 12.1. The fraction of sp³-hybridized carbons (Fsp3) is 0.526. The quantitative estimate of drug-likeness (QED) is 0.571.